The first-order chi connectivity index (χ1) is 6.80. The molecule has 0 aliphatic rings. The summed E-state index contributed by atoms with van der Waals surface area (Å²) in [5, 5.41) is 9.75. The van der Waals surface area contributed by atoms with Gasteiger partial charge < -0.3 is 5.11 Å². The summed E-state index contributed by atoms with van der Waals surface area (Å²) >= 11 is 0. The van der Waals surface area contributed by atoms with E-state index in [1.54, 1.807) is 0 Å². The van der Waals surface area contributed by atoms with Crippen molar-refractivity contribution >= 4 is 0 Å². The summed E-state index contributed by atoms with van der Waals surface area (Å²) in [5.74, 6) is 1.00. The molecule has 84 valence electrons. The minimum Gasteiger partial charge on any atom is -0.508 e. The van der Waals surface area contributed by atoms with Crippen LogP contribution in [0.4, 0.5) is 0 Å². The summed E-state index contributed by atoms with van der Waals surface area (Å²) in [6.07, 6.45) is 0.940. The van der Waals surface area contributed by atoms with Gasteiger partial charge in [-0.05, 0) is 34.9 Å². The van der Waals surface area contributed by atoms with Crippen LogP contribution in [0, 0.1) is 5.92 Å². The lowest BCUT2D eigenvalue weighted by Crippen LogP contribution is -2.11. The van der Waals surface area contributed by atoms with Gasteiger partial charge in [0.1, 0.15) is 5.75 Å². The lowest BCUT2D eigenvalue weighted by atomic mass is 9.85. The second-order valence-corrected chi connectivity index (χ2v) is 5.69. The molecule has 0 unspecified atom stereocenters. The minimum absolute atomic E-state index is 0.152. The van der Waals surface area contributed by atoms with E-state index in [0.717, 1.165) is 12.0 Å². The number of hydrogen-bond donors (Lipinski definition) is 1. The Kier molecular flexibility index (Phi) is 3.43. The van der Waals surface area contributed by atoms with Gasteiger partial charge in [0, 0.05) is 0 Å². The van der Waals surface area contributed by atoms with Crippen LogP contribution in [0.3, 0.4) is 0 Å². The molecule has 0 amide bonds. The summed E-state index contributed by atoms with van der Waals surface area (Å²) in [7, 11) is 0. The molecule has 0 radical (unpaired) electrons. The van der Waals surface area contributed by atoms with Crippen molar-refractivity contribution in [2.24, 2.45) is 5.92 Å². The highest BCUT2D eigenvalue weighted by Crippen LogP contribution is 2.28. The van der Waals surface area contributed by atoms with Crippen molar-refractivity contribution in [2.75, 3.05) is 0 Å². The van der Waals surface area contributed by atoms with Gasteiger partial charge in [0.2, 0.25) is 0 Å². The predicted octanol–water partition coefficient (Wildman–Crippen LogP) is 3.89. The third-order valence-corrected chi connectivity index (χ3v) is 2.57. The largest absolute Gasteiger partial charge is 0.508 e. The SMILES string of the molecule is CC(C)Cc1cc(C(C)(C)C)ccc1O. The molecule has 0 saturated carbocycles. The molecular weight excluding hydrogens is 184 g/mol. The fourth-order valence-corrected chi connectivity index (χ4v) is 1.66. The van der Waals surface area contributed by atoms with Crippen LogP contribution in [0.2, 0.25) is 0 Å². The molecular formula is C14H22O. The van der Waals surface area contributed by atoms with Gasteiger partial charge in [-0.25, -0.2) is 0 Å². The smallest absolute Gasteiger partial charge is 0.118 e. The van der Waals surface area contributed by atoms with E-state index in [9.17, 15) is 5.11 Å². The molecule has 0 fully saturated rings. The number of aromatic hydroxyl groups is 1. The second kappa shape index (κ2) is 4.26. The number of hydrogen-bond acceptors (Lipinski definition) is 1. The van der Waals surface area contributed by atoms with Gasteiger partial charge in [0.05, 0.1) is 0 Å². The standard InChI is InChI=1S/C14H22O/c1-10(2)8-11-9-12(14(3,4)5)6-7-13(11)15/h6-7,9-10,15H,8H2,1-5H3. The number of phenols is 1. The van der Waals surface area contributed by atoms with Crippen LogP contribution in [-0.4, -0.2) is 5.11 Å². The maximum atomic E-state index is 9.75. The zero-order valence-corrected chi connectivity index (χ0v) is 10.5. The zero-order chi connectivity index (χ0) is 11.6. The number of phenolic OH excluding ortho intramolecular Hbond substituents is 1. The molecule has 0 spiro atoms. The molecule has 0 atom stereocenters. The number of benzene rings is 1. The molecule has 1 aromatic rings. The Morgan fingerprint density at radius 1 is 1.20 bits per heavy atom. The van der Waals surface area contributed by atoms with Gasteiger partial charge in [-0.3, -0.25) is 0 Å². The molecule has 0 aliphatic carbocycles. The summed E-state index contributed by atoms with van der Waals surface area (Å²) in [4.78, 5) is 0. The number of rotatable bonds is 2. The van der Waals surface area contributed by atoms with Gasteiger partial charge in [-0.15, -0.1) is 0 Å². The maximum Gasteiger partial charge on any atom is 0.118 e. The molecule has 1 aromatic carbocycles. The fraction of sp³-hybridized carbons (Fsp3) is 0.571. The van der Waals surface area contributed by atoms with E-state index in [-0.39, 0.29) is 5.41 Å². The van der Waals surface area contributed by atoms with Crippen LogP contribution in [-0.2, 0) is 11.8 Å². The first-order valence-electron chi connectivity index (χ1n) is 5.63. The van der Waals surface area contributed by atoms with Crippen LogP contribution in [0.15, 0.2) is 18.2 Å². The lowest BCUT2D eigenvalue weighted by molar-refractivity contribution is 0.460. The first kappa shape index (κ1) is 12.1. The summed E-state index contributed by atoms with van der Waals surface area (Å²) < 4.78 is 0. The highest BCUT2D eigenvalue weighted by molar-refractivity contribution is 5.38. The van der Waals surface area contributed by atoms with Gasteiger partial charge in [0.25, 0.3) is 0 Å². The van der Waals surface area contributed by atoms with Crippen molar-refractivity contribution in [3.05, 3.63) is 29.3 Å². The highest BCUT2D eigenvalue weighted by atomic mass is 16.3. The molecule has 0 aromatic heterocycles. The first-order valence-corrected chi connectivity index (χ1v) is 5.63. The van der Waals surface area contributed by atoms with Crippen molar-refractivity contribution in [1.29, 1.82) is 0 Å². The molecule has 1 rings (SSSR count). The van der Waals surface area contributed by atoms with E-state index in [0.29, 0.717) is 11.7 Å². The van der Waals surface area contributed by atoms with E-state index in [4.69, 9.17) is 0 Å². The molecule has 0 saturated heterocycles. The van der Waals surface area contributed by atoms with Crippen LogP contribution in [0.25, 0.3) is 0 Å². The average Bonchev–Trinajstić information content (AvgIpc) is 2.06. The van der Waals surface area contributed by atoms with Crippen molar-refractivity contribution in [1.82, 2.24) is 0 Å². The minimum atomic E-state index is 0.152. The normalized spacial score (nSPS) is 12.1. The lowest BCUT2D eigenvalue weighted by Gasteiger charge is -2.20. The third kappa shape index (κ3) is 3.26. The van der Waals surface area contributed by atoms with Crippen molar-refractivity contribution in [3.63, 3.8) is 0 Å². The van der Waals surface area contributed by atoms with E-state index in [2.05, 4.69) is 40.7 Å². The van der Waals surface area contributed by atoms with Crippen molar-refractivity contribution in [2.45, 2.75) is 46.5 Å². The summed E-state index contributed by atoms with van der Waals surface area (Å²) in [6, 6.07) is 5.97. The van der Waals surface area contributed by atoms with Gasteiger partial charge >= 0.3 is 0 Å². The van der Waals surface area contributed by atoms with Crippen molar-refractivity contribution in [3.8, 4) is 5.75 Å². The monoisotopic (exact) mass is 206 g/mol. The molecule has 0 aliphatic heterocycles. The molecule has 1 N–H and O–H groups in total. The Labute approximate surface area is 93.1 Å². The van der Waals surface area contributed by atoms with Gasteiger partial charge in [0.15, 0.2) is 0 Å². The molecule has 15 heavy (non-hydrogen) atoms. The van der Waals surface area contributed by atoms with Crippen LogP contribution in [0.5, 0.6) is 5.75 Å². The van der Waals surface area contributed by atoms with E-state index < -0.39 is 0 Å². The Morgan fingerprint density at radius 3 is 2.27 bits per heavy atom. The Morgan fingerprint density at radius 2 is 1.80 bits per heavy atom. The Hall–Kier alpha value is -0.980. The highest BCUT2D eigenvalue weighted by Gasteiger charge is 2.15. The quantitative estimate of drug-likeness (QED) is 0.778. The van der Waals surface area contributed by atoms with Crippen LogP contribution < -0.4 is 0 Å². The second-order valence-electron chi connectivity index (χ2n) is 5.69. The molecule has 0 heterocycles. The van der Waals surface area contributed by atoms with E-state index in [1.165, 1.54) is 5.56 Å². The van der Waals surface area contributed by atoms with Crippen LogP contribution in [0.1, 0.15) is 45.7 Å². The molecule has 1 nitrogen and oxygen atoms in total. The predicted molar refractivity (Wildman–Crippen MR) is 65.3 cm³/mol. The van der Waals surface area contributed by atoms with Crippen LogP contribution >= 0.6 is 0 Å². The van der Waals surface area contributed by atoms with Crippen molar-refractivity contribution < 1.29 is 5.11 Å². The zero-order valence-electron chi connectivity index (χ0n) is 10.5. The molecule has 1 heteroatoms. The van der Waals surface area contributed by atoms with Gasteiger partial charge in [-0.1, -0.05) is 46.8 Å². The summed E-state index contributed by atoms with van der Waals surface area (Å²) in [5.41, 5.74) is 2.51. The maximum absolute atomic E-state index is 9.75. The van der Waals surface area contributed by atoms with Gasteiger partial charge in [-0.2, -0.15) is 0 Å². The van der Waals surface area contributed by atoms with E-state index >= 15 is 0 Å². The third-order valence-electron chi connectivity index (χ3n) is 2.57. The molecule has 0 bridgehead atoms. The Balaban J connectivity index is 3.06. The Bertz CT molecular complexity index is 332. The topological polar surface area (TPSA) is 20.2 Å². The van der Waals surface area contributed by atoms with E-state index in [1.807, 2.05) is 12.1 Å². The fourth-order valence-electron chi connectivity index (χ4n) is 1.66. The average molecular weight is 206 g/mol. The summed E-state index contributed by atoms with van der Waals surface area (Å²) in [6.45, 7) is 10.9.